The van der Waals surface area contributed by atoms with Crippen molar-refractivity contribution in [3.63, 3.8) is 0 Å². The molecule has 2 amide bonds. The number of hydrogen-bond acceptors (Lipinski definition) is 4. The number of aromatic amines is 1. The molecule has 0 atom stereocenters. The van der Waals surface area contributed by atoms with Crippen LogP contribution in [0.1, 0.15) is 17.4 Å². The summed E-state index contributed by atoms with van der Waals surface area (Å²) in [5.74, 6) is -0.230. The first-order valence-electron chi connectivity index (χ1n) is 6.51. The SMILES string of the molecule is CCOC(=O)N1CCN(C(=O)c2cc(=O)cc[nH]2)CC1. The zero-order valence-electron chi connectivity index (χ0n) is 11.3. The highest BCUT2D eigenvalue weighted by molar-refractivity contribution is 5.92. The normalized spacial score (nSPS) is 15.1. The summed E-state index contributed by atoms with van der Waals surface area (Å²) in [6.07, 6.45) is 1.09. The van der Waals surface area contributed by atoms with Crippen molar-refractivity contribution in [2.24, 2.45) is 0 Å². The number of H-pyrrole nitrogens is 1. The summed E-state index contributed by atoms with van der Waals surface area (Å²) in [7, 11) is 0. The van der Waals surface area contributed by atoms with E-state index in [9.17, 15) is 14.4 Å². The van der Waals surface area contributed by atoms with E-state index in [1.54, 1.807) is 16.7 Å². The van der Waals surface area contributed by atoms with E-state index in [-0.39, 0.29) is 23.1 Å². The van der Waals surface area contributed by atoms with E-state index in [4.69, 9.17) is 4.74 Å². The number of nitrogens with zero attached hydrogens (tertiary/aromatic N) is 2. The van der Waals surface area contributed by atoms with Crippen molar-refractivity contribution in [2.75, 3.05) is 32.8 Å². The first-order chi connectivity index (χ1) is 9.61. The van der Waals surface area contributed by atoms with Gasteiger partial charge in [-0.05, 0) is 6.92 Å². The molecule has 0 saturated carbocycles. The molecule has 0 spiro atoms. The van der Waals surface area contributed by atoms with Crippen LogP contribution >= 0.6 is 0 Å². The van der Waals surface area contributed by atoms with Crippen molar-refractivity contribution >= 4 is 12.0 Å². The first-order valence-corrected chi connectivity index (χ1v) is 6.51. The number of pyridine rings is 1. The van der Waals surface area contributed by atoms with E-state index in [0.717, 1.165) is 0 Å². The standard InChI is InChI=1S/C13H17N3O4/c1-2-20-13(19)16-7-5-15(6-8-16)12(18)11-9-10(17)3-4-14-11/h3-4,9H,2,5-8H2,1H3,(H,14,17). The number of carbonyl (C=O) groups excluding carboxylic acids is 2. The molecule has 0 aliphatic carbocycles. The second-order valence-electron chi connectivity index (χ2n) is 4.42. The number of nitrogens with one attached hydrogen (secondary N) is 1. The molecule has 7 nitrogen and oxygen atoms in total. The molecule has 1 aliphatic rings. The molecule has 0 radical (unpaired) electrons. The Bertz CT molecular complexity index is 547. The second kappa shape index (κ2) is 6.23. The van der Waals surface area contributed by atoms with Crippen molar-refractivity contribution in [1.82, 2.24) is 14.8 Å². The third-order valence-corrected chi connectivity index (χ3v) is 3.10. The number of piperazine rings is 1. The highest BCUT2D eigenvalue weighted by Crippen LogP contribution is 2.07. The zero-order valence-corrected chi connectivity index (χ0v) is 11.3. The average molecular weight is 279 g/mol. The molecule has 0 bridgehead atoms. The van der Waals surface area contributed by atoms with Crippen LogP contribution in [0.15, 0.2) is 23.1 Å². The average Bonchev–Trinajstić information content (AvgIpc) is 2.47. The van der Waals surface area contributed by atoms with E-state index < -0.39 is 0 Å². The molecule has 0 aromatic carbocycles. The molecular formula is C13H17N3O4. The number of rotatable bonds is 2. The minimum absolute atomic E-state index is 0.211. The Morgan fingerprint density at radius 1 is 1.25 bits per heavy atom. The Morgan fingerprint density at radius 3 is 2.50 bits per heavy atom. The Hall–Kier alpha value is -2.31. The lowest BCUT2D eigenvalue weighted by atomic mass is 10.2. The van der Waals surface area contributed by atoms with Gasteiger partial charge in [0.25, 0.3) is 5.91 Å². The molecule has 1 N–H and O–H groups in total. The first kappa shape index (κ1) is 14.1. The fourth-order valence-electron chi connectivity index (χ4n) is 2.05. The Kier molecular flexibility index (Phi) is 4.39. The van der Waals surface area contributed by atoms with Crippen LogP contribution in [0.25, 0.3) is 0 Å². The molecule has 1 aromatic rings. The number of amides is 2. The van der Waals surface area contributed by atoms with Crippen LogP contribution in [-0.2, 0) is 4.74 Å². The summed E-state index contributed by atoms with van der Waals surface area (Å²) in [4.78, 5) is 40.9. The van der Waals surface area contributed by atoms with E-state index in [1.807, 2.05) is 0 Å². The van der Waals surface area contributed by atoms with E-state index in [1.165, 1.54) is 18.3 Å². The van der Waals surface area contributed by atoms with Gasteiger partial charge in [0.15, 0.2) is 5.43 Å². The van der Waals surface area contributed by atoms with Crippen molar-refractivity contribution in [2.45, 2.75) is 6.92 Å². The third-order valence-electron chi connectivity index (χ3n) is 3.10. The maximum absolute atomic E-state index is 12.2. The molecule has 108 valence electrons. The molecule has 1 saturated heterocycles. The van der Waals surface area contributed by atoms with Crippen LogP contribution in [0.2, 0.25) is 0 Å². The molecular weight excluding hydrogens is 262 g/mol. The van der Waals surface area contributed by atoms with E-state index in [0.29, 0.717) is 32.8 Å². The van der Waals surface area contributed by atoms with Gasteiger partial charge in [-0.25, -0.2) is 4.79 Å². The number of aromatic nitrogens is 1. The van der Waals surface area contributed by atoms with Gasteiger partial charge in [0.05, 0.1) is 6.61 Å². The fourth-order valence-corrected chi connectivity index (χ4v) is 2.05. The third kappa shape index (κ3) is 3.17. The molecule has 7 heteroatoms. The molecule has 2 heterocycles. The zero-order chi connectivity index (χ0) is 14.5. The highest BCUT2D eigenvalue weighted by Gasteiger charge is 2.25. The van der Waals surface area contributed by atoms with Crippen molar-refractivity contribution in [3.05, 3.63) is 34.2 Å². The van der Waals surface area contributed by atoms with E-state index in [2.05, 4.69) is 4.98 Å². The summed E-state index contributed by atoms with van der Waals surface area (Å²) in [6.45, 7) is 3.80. The van der Waals surface area contributed by atoms with Crippen molar-refractivity contribution < 1.29 is 14.3 Å². The van der Waals surface area contributed by atoms with Gasteiger partial charge in [-0.3, -0.25) is 9.59 Å². The summed E-state index contributed by atoms with van der Waals surface area (Å²) in [5.41, 5.74) is 0.0549. The molecule has 0 unspecified atom stereocenters. The van der Waals surface area contributed by atoms with Gasteiger partial charge < -0.3 is 19.5 Å². The topological polar surface area (TPSA) is 82.7 Å². The second-order valence-corrected chi connectivity index (χ2v) is 4.42. The lowest BCUT2D eigenvalue weighted by molar-refractivity contribution is 0.0566. The van der Waals surface area contributed by atoms with Gasteiger partial charge in [0.2, 0.25) is 0 Å². The molecule has 1 aromatic heterocycles. The lowest BCUT2D eigenvalue weighted by Gasteiger charge is -2.33. The smallest absolute Gasteiger partial charge is 0.409 e. The summed E-state index contributed by atoms with van der Waals surface area (Å²) in [5, 5.41) is 0. The van der Waals surface area contributed by atoms with Gasteiger partial charge in [0, 0.05) is 44.5 Å². The molecule has 20 heavy (non-hydrogen) atoms. The van der Waals surface area contributed by atoms with E-state index >= 15 is 0 Å². The maximum Gasteiger partial charge on any atom is 0.409 e. The van der Waals surface area contributed by atoms with Crippen LogP contribution in [0.5, 0.6) is 0 Å². The van der Waals surface area contributed by atoms with Crippen LogP contribution in [0.3, 0.4) is 0 Å². The summed E-state index contributed by atoms with van der Waals surface area (Å²) < 4.78 is 4.91. The summed E-state index contributed by atoms with van der Waals surface area (Å²) >= 11 is 0. The van der Waals surface area contributed by atoms with Gasteiger partial charge in [-0.15, -0.1) is 0 Å². The van der Waals surface area contributed by atoms with Crippen molar-refractivity contribution in [3.8, 4) is 0 Å². The maximum atomic E-state index is 12.2. The number of carbonyl (C=O) groups is 2. The summed E-state index contributed by atoms with van der Waals surface area (Å²) in [6, 6.07) is 2.63. The lowest BCUT2D eigenvalue weighted by Crippen LogP contribution is -2.50. The Morgan fingerprint density at radius 2 is 1.90 bits per heavy atom. The minimum Gasteiger partial charge on any atom is -0.450 e. The van der Waals surface area contributed by atoms with Crippen LogP contribution in [-0.4, -0.2) is 59.6 Å². The van der Waals surface area contributed by atoms with Gasteiger partial charge in [-0.1, -0.05) is 0 Å². The van der Waals surface area contributed by atoms with Crippen LogP contribution in [0, 0.1) is 0 Å². The number of hydrogen-bond donors (Lipinski definition) is 1. The minimum atomic E-state index is -0.354. The Balaban J connectivity index is 1.95. The van der Waals surface area contributed by atoms with Gasteiger partial charge >= 0.3 is 6.09 Å². The van der Waals surface area contributed by atoms with Crippen LogP contribution < -0.4 is 5.43 Å². The van der Waals surface area contributed by atoms with Crippen molar-refractivity contribution in [1.29, 1.82) is 0 Å². The Labute approximate surface area is 116 Å². The molecule has 1 fully saturated rings. The largest absolute Gasteiger partial charge is 0.450 e. The fraction of sp³-hybridized carbons (Fsp3) is 0.462. The predicted octanol–water partition coefficient (Wildman–Crippen LogP) is 0.289. The molecule has 2 rings (SSSR count). The quantitative estimate of drug-likeness (QED) is 0.843. The monoisotopic (exact) mass is 279 g/mol. The van der Waals surface area contributed by atoms with Gasteiger partial charge in [0.1, 0.15) is 5.69 Å². The highest BCUT2D eigenvalue weighted by atomic mass is 16.6. The number of ether oxygens (including phenoxy) is 1. The van der Waals surface area contributed by atoms with Gasteiger partial charge in [-0.2, -0.15) is 0 Å². The van der Waals surface area contributed by atoms with Crippen LogP contribution in [0.4, 0.5) is 4.79 Å². The molecule has 1 aliphatic heterocycles. The predicted molar refractivity (Wildman–Crippen MR) is 71.6 cm³/mol.